The fourth-order valence-corrected chi connectivity index (χ4v) is 5.62. The molecule has 1 nitrogen and oxygen atoms in total. The van der Waals surface area contributed by atoms with Crippen LogP contribution in [0.1, 0.15) is 12.0 Å². The predicted molar refractivity (Wildman–Crippen MR) is 70.4 cm³/mol. The van der Waals surface area contributed by atoms with Gasteiger partial charge in [-0.2, -0.15) is 11.8 Å². The Morgan fingerprint density at radius 1 is 1.40 bits per heavy atom. The average Bonchev–Trinajstić information content (AvgIpc) is 2.71. The number of benzene rings is 1. The number of aryl methyl sites for hydroxylation is 1. The van der Waals surface area contributed by atoms with Crippen LogP contribution >= 0.6 is 11.8 Å². The standard InChI is InChI=1S/C12H16OS2/c1-10-3-5-11(6-4-10)15(2,13)12-7-8-14-9-12/h3-6,12H,2,7-9H2,1H3. The molecule has 0 saturated carbocycles. The van der Waals surface area contributed by atoms with Gasteiger partial charge in [0.25, 0.3) is 0 Å². The molecule has 1 aliphatic heterocycles. The molecule has 1 saturated heterocycles. The van der Waals surface area contributed by atoms with Crippen molar-refractivity contribution in [1.29, 1.82) is 0 Å². The number of hydrogen-bond donors (Lipinski definition) is 0. The van der Waals surface area contributed by atoms with Gasteiger partial charge in [-0.05, 0) is 46.6 Å². The molecular formula is C12H16OS2. The van der Waals surface area contributed by atoms with Crippen molar-refractivity contribution in [3.63, 3.8) is 0 Å². The van der Waals surface area contributed by atoms with Crippen LogP contribution in [0.3, 0.4) is 0 Å². The van der Waals surface area contributed by atoms with Crippen molar-refractivity contribution in [3.8, 4) is 0 Å². The normalized spacial score (nSPS) is 25.0. The molecule has 1 fully saturated rings. The zero-order valence-electron chi connectivity index (χ0n) is 8.94. The van der Waals surface area contributed by atoms with E-state index in [1.165, 1.54) is 5.56 Å². The lowest BCUT2D eigenvalue weighted by Crippen LogP contribution is -2.20. The summed E-state index contributed by atoms with van der Waals surface area (Å²) in [5.41, 5.74) is 1.20. The Morgan fingerprint density at radius 3 is 2.60 bits per heavy atom. The molecule has 0 bridgehead atoms. The molecule has 3 heteroatoms. The van der Waals surface area contributed by atoms with Crippen LogP contribution in [-0.4, -0.2) is 26.8 Å². The maximum atomic E-state index is 12.6. The third kappa shape index (κ3) is 2.23. The van der Waals surface area contributed by atoms with Gasteiger partial charge in [-0.15, -0.1) is 0 Å². The summed E-state index contributed by atoms with van der Waals surface area (Å²) >= 11 is 1.89. The monoisotopic (exact) mass is 240 g/mol. The highest BCUT2D eigenvalue weighted by Crippen LogP contribution is 2.28. The number of hydrogen-bond acceptors (Lipinski definition) is 2. The van der Waals surface area contributed by atoms with E-state index in [9.17, 15) is 4.21 Å². The maximum Gasteiger partial charge on any atom is 0.0413 e. The molecule has 1 aromatic carbocycles. The minimum atomic E-state index is -2.08. The molecule has 2 unspecified atom stereocenters. The van der Waals surface area contributed by atoms with E-state index in [1.807, 2.05) is 43.0 Å². The van der Waals surface area contributed by atoms with Crippen molar-refractivity contribution in [1.82, 2.24) is 0 Å². The second-order valence-corrected chi connectivity index (χ2v) is 7.77. The molecule has 1 aliphatic rings. The zero-order chi connectivity index (χ0) is 10.9. The zero-order valence-corrected chi connectivity index (χ0v) is 10.6. The highest BCUT2D eigenvalue weighted by molar-refractivity contribution is 8.04. The van der Waals surface area contributed by atoms with Crippen molar-refractivity contribution in [2.45, 2.75) is 23.5 Å². The van der Waals surface area contributed by atoms with Crippen LogP contribution in [0.4, 0.5) is 0 Å². The molecule has 15 heavy (non-hydrogen) atoms. The van der Waals surface area contributed by atoms with Crippen molar-refractivity contribution < 1.29 is 4.21 Å². The van der Waals surface area contributed by atoms with E-state index in [2.05, 4.69) is 5.87 Å². The Bertz CT molecular complexity index is 425. The lowest BCUT2D eigenvalue weighted by molar-refractivity contribution is 0.671. The minimum Gasteiger partial charge on any atom is -0.263 e. The molecule has 0 aliphatic carbocycles. The maximum absolute atomic E-state index is 12.6. The van der Waals surface area contributed by atoms with E-state index in [0.717, 1.165) is 22.8 Å². The fourth-order valence-electron chi connectivity index (χ4n) is 1.77. The van der Waals surface area contributed by atoms with Crippen LogP contribution in [0.25, 0.3) is 0 Å². The van der Waals surface area contributed by atoms with Gasteiger partial charge in [-0.25, -0.2) is 0 Å². The largest absolute Gasteiger partial charge is 0.263 e. The molecule has 1 heterocycles. The Labute approximate surface area is 96.3 Å². The van der Waals surface area contributed by atoms with Crippen LogP contribution in [0, 0.1) is 6.92 Å². The van der Waals surface area contributed by atoms with Gasteiger partial charge in [-0.1, -0.05) is 17.7 Å². The van der Waals surface area contributed by atoms with Gasteiger partial charge in [0, 0.05) is 15.9 Å². The third-order valence-electron chi connectivity index (χ3n) is 2.85. The smallest absolute Gasteiger partial charge is 0.0413 e. The summed E-state index contributed by atoms with van der Waals surface area (Å²) in [5, 5.41) is 0.269. The molecule has 0 N–H and O–H groups in total. The molecule has 0 amide bonds. The summed E-state index contributed by atoms with van der Waals surface area (Å²) in [4.78, 5) is 0.917. The van der Waals surface area contributed by atoms with Gasteiger partial charge in [0.05, 0.1) is 0 Å². The molecule has 82 valence electrons. The van der Waals surface area contributed by atoms with Crippen LogP contribution in [0.2, 0.25) is 0 Å². The van der Waals surface area contributed by atoms with Crippen LogP contribution in [0.15, 0.2) is 29.2 Å². The van der Waals surface area contributed by atoms with Gasteiger partial charge in [-0.3, -0.25) is 4.21 Å². The summed E-state index contributed by atoms with van der Waals surface area (Å²) in [6.07, 6.45) is 1.04. The molecular weight excluding hydrogens is 224 g/mol. The molecule has 2 atom stereocenters. The van der Waals surface area contributed by atoms with Gasteiger partial charge in [0.2, 0.25) is 0 Å². The Hall–Kier alpha value is -0.410. The van der Waals surface area contributed by atoms with E-state index in [-0.39, 0.29) is 5.25 Å². The number of thioether (sulfide) groups is 1. The summed E-state index contributed by atoms with van der Waals surface area (Å²) in [5.74, 6) is 6.09. The van der Waals surface area contributed by atoms with Crippen molar-refractivity contribution in [2.24, 2.45) is 0 Å². The molecule has 0 radical (unpaired) electrons. The Morgan fingerprint density at radius 2 is 2.07 bits per heavy atom. The average molecular weight is 240 g/mol. The van der Waals surface area contributed by atoms with Gasteiger partial charge in [0.15, 0.2) is 0 Å². The van der Waals surface area contributed by atoms with Crippen molar-refractivity contribution in [2.75, 3.05) is 11.5 Å². The highest BCUT2D eigenvalue weighted by atomic mass is 32.2. The van der Waals surface area contributed by atoms with Gasteiger partial charge in [0.1, 0.15) is 0 Å². The van der Waals surface area contributed by atoms with Crippen LogP contribution < -0.4 is 0 Å². The molecule has 0 aromatic heterocycles. The van der Waals surface area contributed by atoms with E-state index in [1.54, 1.807) is 0 Å². The molecule has 1 aromatic rings. The van der Waals surface area contributed by atoms with Crippen molar-refractivity contribution >= 4 is 27.2 Å². The second-order valence-electron chi connectivity index (χ2n) is 4.02. The van der Waals surface area contributed by atoms with Crippen LogP contribution in [0.5, 0.6) is 0 Å². The third-order valence-corrected chi connectivity index (χ3v) is 6.77. The summed E-state index contributed by atoms with van der Waals surface area (Å²) in [6.45, 7) is 2.04. The number of rotatable bonds is 2. The molecule has 0 spiro atoms. The van der Waals surface area contributed by atoms with E-state index < -0.39 is 9.52 Å². The minimum absolute atomic E-state index is 0.269. The van der Waals surface area contributed by atoms with E-state index in [0.29, 0.717) is 0 Å². The highest BCUT2D eigenvalue weighted by Gasteiger charge is 2.25. The van der Waals surface area contributed by atoms with Gasteiger partial charge < -0.3 is 0 Å². The van der Waals surface area contributed by atoms with Crippen LogP contribution in [-0.2, 0) is 9.52 Å². The summed E-state index contributed by atoms with van der Waals surface area (Å²) in [7, 11) is -2.08. The van der Waals surface area contributed by atoms with Gasteiger partial charge >= 0.3 is 0 Å². The first kappa shape index (κ1) is 11.1. The first-order valence-electron chi connectivity index (χ1n) is 5.11. The SMILES string of the molecule is C=S(=O)(c1ccc(C)cc1)C1CCSC1. The van der Waals surface area contributed by atoms with E-state index in [4.69, 9.17) is 0 Å². The lowest BCUT2D eigenvalue weighted by atomic mass is 10.2. The Balaban J connectivity index is 2.32. The van der Waals surface area contributed by atoms with Crippen molar-refractivity contribution in [3.05, 3.63) is 29.8 Å². The first-order valence-corrected chi connectivity index (χ1v) is 8.06. The quantitative estimate of drug-likeness (QED) is 0.739. The second kappa shape index (κ2) is 4.22. The summed E-state index contributed by atoms with van der Waals surface area (Å²) < 4.78 is 12.6. The Kier molecular flexibility index (Phi) is 3.12. The summed E-state index contributed by atoms with van der Waals surface area (Å²) in [6, 6.07) is 7.96. The predicted octanol–water partition coefficient (Wildman–Crippen LogP) is 2.58. The first-order chi connectivity index (χ1) is 7.10. The topological polar surface area (TPSA) is 17.1 Å². The molecule has 2 rings (SSSR count). The van der Waals surface area contributed by atoms with E-state index >= 15 is 0 Å². The lowest BCUT2D eigenvalue weighted by Gasteiger charge is -2.15. The fraction of sp³-hybridized carbons (Fsp3) is 0.417.